The second-order valence-electron chi connectivity index (χ2n) is 4.10. The quantitative estimate of drug-likeness (QED) is 0.829. The molecule has 1 aromatic carbocycles. The van der Waals surface area contributed by atoms with Crippen LogP contribution in [0.2, 0.25) is 0 Å². The number of ether oxygens (including phenoxy) is 2. The van der Waals surface area contributed by atoms with Crippen LogP contribution in [0.15, 0.2) is 39.5 Å². The summed E-state index contributed by atoms with van der Waals surface area (Å²) >= 11 is 0. The average Bonchev–Trinajstić information content (AvgIpc) is 2.48. The maximum Gasteiger partial charge on any atom is 0.344 e. The molecule has 0 atom stereocenters. The van der Waals surface area contributed by atoms with Crippen molar-refractivity contribution in [1.82, 2.24) is 5.32 Å². The zero-order chi connectivity index (χ0) is 14.5. The van der Waals surface area contributed by atoms with Gasteiger partial charge in [-0.1, -0.05) is 18.2 Å². The lowest BCUT2D eigenvalue weighted by Crippen LogP contribution is -2.34. The van der Waals surface area contributed by atoms with Gasteiger partial charge in [0.25, 0.3) is 5.91 Å². The first-order valence-corrected chi connectivity index (χ1v) is 6.02. The van der Waals surface area contributed by atoms with Crippen molar-refractivity contribution in [2.24, 2.45) is 0 Å². The number of carbonyl (C=O) groups is 1. The first-order chi connectivity index (χ1) is 9.65. The van der Waals surface area contributed by atoms with Crippen LogP contribution >= 0.6 is 0 Å². The predicted octanol–water partition coefficient (Wildman–Crippen LogP) is 1.14. The molecule has 1 heterocycles. The number of hydrogen-bond donors (Lipinski definition) is 1. The van der Waals surface area contributed by atoms with Gasteiger partial charge in [-0.15, -0.1) is 0 Å². The van der Waals surface area contributed by atoms with Crippen molar-refractivity contribution in [1.29, 1.82) is 0 Å². The third-order valence-electron chi connectivity index (χ3n) is 2.85. The van der Waals surface area contributed by atoms with Crippen LogP contribution in [0.25, 0.3) is 10.8 Å². The smallest absolute Gasteiger partial charge is 0.344 e. The van der Waals surface area contributed by atoms with E-state index in [1.165, 1.54) is 20.3 Å². The number of amides is 1. The van der Waals surface area contributed by atoms with Crippen LogP contribution < -0.4 is 10.9 Å². The maximum absolute atomic E-state index is 11.9. The molecule has 1 aromatic heterocycles. The Labute approximate surface area is 115 Å². The summed E-state index contributed by atoms with van der Waals surface area (Å²) in [6.45, 7) is 0.155. The molecule has 0 bridgehead atoms. The molecule has 0 aliphatic rings. The zero-order valence-corrected chi connectivity index (χ0v) is 11.2. The number of fused-ring (bicyclic) bond motifs is 1. The second kappa shape index (κ2) is 6.31. The van der Waals surface area contributed by atoms with Gasteiger partial charge >= 0.3 is 5.63 Å². The number of hydrogen-bond acceptors (Lipinski definition) is 5. The molecule has 106 valence electrons. The molecular formula is C14H15NO5. The lowest BCUT2D eigenvalue weighted by Gasteiger charge is -2.13. The largest absolute Gasteiger partial charge is 0.417 e. The van der Waals surface area contributed by atoms with Crippen molar-refractivity contribution in [2.45, 2.75) is 6.29 Å². The van der Waals surface area contributed by atoms with Crippen LogP contribution in [0.5, 0.6) is 0 Å². The summed E-state index contributed by atoms with van der Waals surface area (Å²) in [5.41, 5.74) is -0.539. The summed E-state index contributed by atoms with van der Waals surface area (Å²) < 4.78 is 14.9. The summed E-state index contributed by atoms with van der Waals surface area (Å²) in [6, 6.07) is 8.45. The Balaban J connectivity index is 2.20. The second-order valence-corrected chi connectivity index (χ2v) is 4.10. The van der Waals surface area contributed by atoms with Gasteiger partial charge in [-0.25, -0.2) is 4.79 Å². The van der Waals surface area contributed by atoms with E-state index < -0.39 is 17.8 Å². The monoisotopic (exact) mass is 277 g/mol. The van der Waals surface area contributed by atoms with Crippen LogP contribution in [0.1, 0.15) is 10.6 Å². The standard InChI is InChI=1S/C14H15NO5/c1-18-12(19-2)8-15-13(16)11-7-9-5-3-4-6-10(9)14(17)20-11/h3-7,12H,8H2,1-2H3,(H,15,16). The van der Waals surface area contributed by atoms with Crippen molar-refractivity contribution in [3.8, 4) is 0 Å². The highest BCUT2D eigenvalue weighted by atomic mass is 16.7. The average molecular weight is 277 g/mol. The lowest BCUT2D eigenvalue weighted by atomic mass is 10.1. The Hall–Kier alpha value is -2.18. The topological polar surface area (TPSA) is 77.8 Å². The fourth-order valence-electron chi connectivity index (χ4n) is 1.77. The van der Waals surface area contributed by atoms with Crippen molar-refractivity contribution >= 4 is 16.7 Å². The van der Waals surface area contributed by atoms with E-state index in [1.54, 1.807) is 24.3 Å². The minimum Gasteiger partial charge on any atom is -0.417 e. The van der Waals surface area contributed by atoms with Crippen molar-refractivity contribution in [3.05, 3.63) is 46.5 Å². The molecule has 0 aliphatic carbocycles. The molecule has 0 spiro atoms. The number of methoxy groups -OCH3 is 2. The SMILES string of the molecule is COC(CNC(=O)c1cc2ccccc2c(=O)o1)OC. The highest BCUT2D eigenvalue weighted by Gasteiger charge is 2.14. The van der Waals surface area contributed by atoms with Gasteiger partial charge < -0.3 is 19.2 Å². The van der Waals surface area contributed by atoms with Gasteiger partial charge in [0.05, 0.1) is 11.9 Å². The van der Waals surface area contributed by atoms with Gasteiger partial charge in [-0.05, 0) is 17.5 Å². The summed E-state index contributed by atoms with van der Waals surface area (Å²) in [6.07, 6.45) is -0.550. The maximum atomic E-state index is 11.9. The van der Waals surface area contributed by atoms with Crippen molar-refractivity contribution in [2.75, 3.05) is 20.8 Å². The van der Waals surface area contributed by atoms with Crippen LogP contribution in [0.3, 0.4) is 0 Å². The highest BCUT2D eigenvalue weighted by Crippen LogP contribution is 2.11. The Morgan fingerprint density at radius 1 is 1.30 bits per heavy atom. The fraction of sp³-hybridized carbons (Fsp3) is 0.286. The molecule has 2 rings (SSSR count). The molecule has 1 amide bonds. The Morgan fingerprint density at radius 2 is 2.00 bits per heavy atom. The van der Waals surface area contributed by atoms with Gasteiger partial charge in [0.2, 0.25) is 0 Å². The summed E-state index contributed by atoms with van der Waals surface area (Å²) in [7, 11) is 2.94. The van der Waals surface area contributed by atoms with Gasteiger partial charge in [0.15, 0.2) is 12.1 Å². The molecule has 20 heavy (non-hydrogen) atoms. The molecule has 0 radical (unpaired) electrons. The van der Waals surface area contributed by atoms with Crippen LogP contribution in [0.4, 0.5) is 0 Å². The van der Waals surface area contributed by atoms with Crippen LogP contribution in [0, 0.1) is 0 Å². The number of benzene rings is 1. The fourth-order valence-corrected chi connectivity index (χ4v) is 1.77. The van der Waals surface area contributed by atoms with Crippen molar-refractivity contribution < 1.29 is 18.7 Å². The molecular weight excluding hydrogens is 262 g/mol. The summed E-state index contributed by atoms with van der Waals surface area (Å²) in [5, 5.41) is 3.67. The van der Waals surface area contributed by atoms with Gasteiger partial charge in [-0.3, -0.25) is 4.79 Å². The predicted molar refractivity (Wildman–Crippen MR) is 72.6 cm³/mol. The minimum atomic E-state index is -0.550. The minimum absolute atomic E-state index is 0.0420. The Morgan fingerprint density at radius 3 is 2.70 bits per heavy atom. The number of rotatable bonds is 5. The van der Waals surface area contributed by atoms with Crippen LogP contribution in [-0.2, 0) is 9.47 Å². The zero-order valence-electron chi connectivity index (χ0n) is 11.2. The van der Waals surface area contributed by atoms with Gasteiger partial charge in [-0.2, -0.15) is 0 Å². The van der Waals surface area contributed by atoms with E-state index >= 15 is 0 Å². The lowest BCUT2D eigenvalue weighted by molar-refractivity contribution is -0.0975. The van der Waals surface area contributed by atoms with Gasteiger partial charge in [0.1, 0.15) is 0 Å². The number of nitrogens with one attached hydrogen (secondary N) is 1. The van der Waals surface area contributed by atoms with E-state index in [-0.39, 0.29) is 12.3 Å². The first kappa shape index (κ1) is 14.2. The van der Waals surface area contributed by atoms with E-state index in [0.29, 0.717) is 10.8 Å². The van der Waals surface area contributed by atoms with E-state index in [0.717, 1.165) is 0 Å². The van der Waals surface area contributed by atoms with E-state index in [4.69, 9.17) is 13.9 Å². The molecule has 6 heteroatoms. The van der Waals surface area contributed by atoms with Gasteiger partial charge in [0, 0.05) is 14.2 Å². The van der Waals surface area contributed by atoms with E-state index in [9.17, 15) is 9.59 Å². The Kier molecular flexibility index (Phi) is 4.49. The summed E-state index contributed by atoms with van der Waals surface area (Å²) in [4.78, 5) is 23.7. The van der Waals surface area contributed by atoms with E-state index in [1.807, 2.05) is 0 Å². The number of carbonyl (C=O) groups excluding carboxylic acids is 1. The highest BCUT2D eigenvalue weighted by molar-refractivity contribution is 5.95. The molecule has 1 N–H and O–H groups in total. The van der Waals surface area contributed by atoms with Crippen LogP contribution in [-0.4, -0.2) is 33.0 Å². The normalized spacial score (nSPS) is 10.9. The molecule has 2 aromatic rings. The molecule has 0 aliphatic heterocycles. The molecule has 6 nitrogen and oxygen atoms in total. The molecule has 0 saturated carbocycles. The van der Waals surface area contributed by atoms with E-state index in [2.05, 4.69) is 5.32 Å². The first-order valence-electron chi connectivity index (χ1n) is 6.02. The third kappa shape index (κ3) is 3.04. The third-order valence-corrected chi connectivity index (χ3v) is 2.85. The molecule has 0 saturated heterocycles. The molecule has 0 fully saturated rings. The Bertz CT molecular complexity index is 660. The summed E-state index contributed by atoms with van der Waals surface area (Å²) in [5.74, 6) is -0.536. The van der Waals surface area contributed by atoms with Crippen molar-refractivity contribution in [3.63, 3.8) is 0 Å². The molecule has 0 unspecified atom stereocenters.